The number of fused-ring (bicyclic) bond motifs is 1. The zero-order valence-corrected chi connectivity index (χ0v) is 11.6. The van der Waals surface area contributed by atoms with Crippen LogP contribution in [0.3, 0.4) is 0 Å². The van der Waals surface area contributed by atoms with Crippen LogP contribution in [0.2, 0.25) is 0 Å². The minimum atomic E-state index is -0.127. The van der Waals surface area contributed by atoms with Crippen LogP contribution in [0.4, 0.5) is 0 Å². The first-order chi connectivity index (χ1) is 9.78. The number of hydrogen-bond acceptors (Lipinski definition) is 2. The lowest BCUT2D eigenvalue weighted by Crippen LogP contribution is -2.12. The average molecular weight is 262 g/mol. The molecule has 20 heavy (non-hydrogen) atoms. The van der Waals surface area contributed by atoms with E-state index >= 15 is 0 Å². The van der Waals surface area contributed by atoms with Crippen molar-refractivity contribution in [3.8, 4) is 0 Å². The van der Waals surface area contributed by atoms with Crippen LogP contribution in [-0.4, -0.2) is 4.98 Å². The predicted molar refractivity (Wildman–Crippen MR) is 83.6 cm³/mol. The Morgan fingerprint density at radius 3 is 2.50 bits per heavy atom. The molecule has 1 atom stereocenters. The van der Waals surface area contributed by atoms with E-state index in [4.69, 9.17) is 5.73 Å². The smallest absolute Gasteiger partial charge is 0.0702 e. The van der Waals surface area contributed by atoms with E-state index < -0.39 is 0 Å². The molecule has 1 unspecified atom stereocenters. The van der Waals surface area contributed by atoms with Crippen LogP contribution in [0.5, 0.6) is 0 Å². The Bertz CT molecular complexity index is 717. The van der Waals surface area contributed by atoms with Crippen LogP contribution < -0.4 is 5.73 Å². The lowest BCUT2D eigenvalue weighted by molar-refractivity contribution is 0.865. The van der Waals surface area contributed by atoms with Gasteiger partial charge < -0.3 is 5.73 Å². The van der Waals surface area contributed by atoms with Crippen molar-refractivity contribution in [2.45, 2.75) is 19.4 Å². The first-order valence-electron chi connectivity index (χ1n) is 6.97. The molecule has 0 radical (unpaired) electrons. The standard InChI is InChI=1S/C18H18N2/c1-2-13-7-9-14(10-8-13)18(19)16-11-15-5-3-4-6-17(15)20-12-16/h3-12,18H,2,19H2,1H3. The van der Waals surface area contributed by atoms with Crippen LogP contribution in [0.15, 0.2) is 60.8 Å². The Hall–Kier alpha value is -2.19. The van der Waals surface area contributed by atoms with E-state index in [-0.39, 0.29) is 6.04 Å². The maximum Gasteiger partial charge on any atom is 0.0702 e. The summed E-state index contributed by atoms with van der Waals surface area (Å²) in [6.07, 6.45) is 2.92. The molecule has 0 bridgehead atoms. The molecule has 2 nitrogen and oxygen atoms in total. The number of rotatable bonds is 3. The fourth-order valence-corrected chi connectivity index (χ4v) is 2.41. The molecule has 1 heterocycles. The first-order valence-corrected chi connectivity index (χ1v) is 6.97. The van der Waals surface area contributed by atoms with Crippen LogP contribution >= 0.6 is 0 Å². The third-order valence-corrected chi connectivity index (χ3v) is 3.72. The van der Waals surface area contributed by atoms with Crippen LogP contribution in [0.25, 0.3) is 10.9 Å². The number of benzene rings is 2. The topological polar surface area (TPSA) is 38.9 Å². The van der Waals surface area contributed by atoms with Gasteiger partial charge in [0.2, 0.25) is 0 Å². The number of hydrogen-bond donors (Lipinski definition) is 1. The molecule has 0 aliphatic carbocycles. The second-order valence-corrected chi connectivity index (χ2v) is 5.03. The van der Waals surface area contributed by atoms with E-state index in [9.17, 15) is 0 Å². The molecule has 0 saturated carbocycles. The highest BCUT2D eigenvalue weighted by Gasteiger charge is 2.09. The zero-order chi connectivity index (χ0) is 13.9. The molecule has 2 aromatic carbocycles. The summed E-state index contributed by atoms with van der Waals surface area (Å²) < 4.78 is 0. The van der Waals surface area contributed by atoms with Crippen LogP contribution in [0.1, 0.15) is 29.7 Å². The number of pyridine rings is 1. The van der Waals surface area contributed by atoms with Crippen molar-refractivity contribution in [2.24, 2.45) is 5.73 Å². The van der Waals surface area contributed by atoms with Gasteiger partial charge in [-0.1, -0.05) is 49.4 Å². The highest BCUT2D eigenvalue weighted by atomic mass is 14.7. The van der Waals surface area contributed by atoms with E-state index in [0.717, 1.165) is 28.5 Å². The molecule has 3 aromatic rings. The Kier molecular flexibility index (Phi) is 3.48. The quantitative estimate of drug-likeness (QED) is 0.778. The highest BCUT2D eigenvalue weighted by molar-refractivity contribution is 5.78. The number of para-hydroxylation sites is 1. The molecule has 2 heteroatoms. The van der Waals surface area contributed by atoms with Gasteiger partial charge in [-0.3, -0.25) is 4.98 Å². The second-order valence-electron chi connectivity index (χ2n) is 5.03. The maximum atomic E-state index is 6.36. The molecule has 0 amide bonds. The molecule has 1 aromatic heterocycles. The summed E-state index contributed by atoms with van der Waals surface area (Å²) in [5.74, 6) is 0. The van der Waals surface area contributed by atoms with Gasteiger partial charge in [0.25, 0.3) is 0 Å². The fraction of sp³-hybridized carbons (Fsp3) is 0.167. The average Bonchev–Trinajstić information content (AvgIpc) is 2.54. The van der Waals surface area contributed by atoms with Crippen LogP contribution in [0, 0.1) is 0 Å². The lowest BCUT2D eigenvalue weighted by Gasteiger charge is -2.13. The summed E-state index contributed by atoms with van der Waals surface area (Å²) in [5, 5.41) is 1.13. The number of aromatic nitrogens is 1. The third-order valence-electron chi connectivity index (χ3n) is 3.72. The summed E-state index contributed by atoms with van der Waals surface area (Å²) in [6, 6.07) is 18.6. The van der Waals surface area contributed by atoms with E-state index in [2.05, 4.69) is 48.3 Å². The molecule has 100 valence electrons. The van der Waals surface area contributed by atoms with Gasteiger partial charge in [0.05, 0.1) is 11.6 Å². The zero-order valence-electron chi connectivity index (χ0n) is 11.6. The molecule has 0 saturated heterocycles. The molecule has 0 aliphatic heterocycles. The van der Waals surface area contributed by atoms with Crippen molar-refractivity contribution >= 4 is 10.9 Å². The van der Waals surface area contributed by atoms with Crippen molar-refractivity contribution in [3.63, 3.8) is 0 Å². The Balaban J connectivity index is 1.96. The van der Waals surface area contributed by atoms with Gasteiger partial charge in [-0.25, -0.2) is 0 Å². The number of nitrogens with zero attached hydrogens (tertiary/aromatic N) is 1. The SMILES string of the molecule is CCc1ccc(C(N)c2cnc3ccccc3c2)cc1. The Morgan fingerprint density at radius 2 is 1.75 bits per heavy atom. The third kappa shape index (κ3) is 2.43. The predicted octanol–water partition coefficient (Wildman–Crippen LogP) is 3.85. The monoisotopic (exact) mass is 262 g/mol. The van der Waals surface area contributed by atoms with Gasteiger partial charge in [-0.15, -0.1) is 0 Å². The van der Waals surface area contributed by atoms with Gasteiger partial charge in [0.15, 0.2) is 0 Å². The molecular weight excluding hydrogens is 244 g/mol. The molecule has 3 rings (SSSR count). The normalized spacial score (nSPS) is 12.5. The Labute approximate surface area is 119 Å². The van der Waals surface area contributed by atoms with Crippen molar-refractivity contribution < 1.29 is 0 Å². The lowest BCUT2D eigenvalue weighted by atomic mass is 9.98. The summed E-state index contributed by atoms with van der Waals surface area (Å²) in [7, 11) is 0. The van der Waals surface area contributed by atoms with Gasteiger partial charge in [-0.05, 0) is 35.2 Å². The minimum Gasteiger partial charge on any atom is -0.320 e. The highest BCUT2D eigenvalue weighted by Crippen LogP contribution is 2.22. The molecule has 0 aliphatic rings. The summed E-state index contributed by atoms with van der Waals surface area (Å²) in [4.78, 5) is 4.48. The fourth-order valence-electron chi connectivity index (χ4n) is 2.41. The molecule has 2 N–H and O–H groups in total. The summed E-state index contributed by atoms with van der Waals surface area (Å²) in [5.41, 5.74) is 10.9. The molecule has 0 spiro atoms. The van der Waals surface area contributed by atoms with E-state index in [0.29, 0.717) is 0 Å². The van der Waals surface area contributed by atoms with Gasteiger partial charge in [0, 0.05) is 11.6 Å². The van der Waals surface area contributed by atoms with Gasteiger partial charge >= 0.3 is 0 Å². The second kappa shape index (κ2) is 5.43. The Morgan fingerprint density at radius 1 is 1.00 bits per heavy atom. The van der Waals surface area contributed by atoms with Crippen molar-refractivity contribution in [1.82, 2.24) is 4.98 Å². The maximum absolute atomic E-state index is 6.36. The number of nitrogens with two attached hydrogens (primary N) is 1. The molecule has 0 fully saturated rings. The minimum absolute atomic E-state index is 0.127. The van der Waals surface area contributed by atoms with Crippen LogP contribution in [-0.2, 0) is 6.42 Å². The van der Waals surface area contributed by atoms with Gasteiger partial charge in [0.1, 0.15) is 0 Å². The molecular formula is C18H18N2. The van der Waals surface area contributed by atoms with Crippen molar-refractivity contribution in [3.05, 3.63) is 77.5 Å². The van der Waals surface area contributed by atoms with Crippen molar-refractivity contribution in [1.29, 1.82) is 0 Å². The van der Waals surface area contributed by atoms with Crippen molar-refractivity contribution in [2.75, 3.05) is 0 Å². The van der Waals surface area contributed by atoms with E-state index in [1.807, 2.05) is 24.4 Å². The number of aryl methyl sites for hydroxylation is 1. The van der Waals surface area contributed by atoms with E-state index in [1.54, 1.807) is 0 Å². The summed E-state index contributed by atoms with van der Waals surface area (Å²) in [6.45, 7) is 2.15. The van der Waals surface area contributed by atoms with E-state index in [1.165, 1.54) is 5.56 Å². The van der Waals surface area contributed by atoms with Gasteiger partial charge in [-0.2, -0.15) is 0 Å². The largest absolute Gasteiger partial charge is 0.320 e. The first kappa shape index (κ1) is 12.8. The summed E-state index contributed by atoms with van der Waals surface area (Å²) >= 11 is 0.